The molecule has 1 aromatic rings. The summed E-state index contributed by atoms with van der Waals surface area (Å²) < 4.78 is 13.2. The predicted molar refractivity (Wildman–Crippen MR) is 73.4 cm³/mol. The van der Waals surface area contributed by atoms with Crippen molar-refractivity contribution in [1.29, 1.82) is 0 Å². The van der Waals surface area contributed by atoms with Gasteiger partial charge < -0.3 is 5.32 Å². The summed E-state index contributed by atoms with van der Waals surface area (Å²) in [6.07, 6.45) is 0.862. The zero-order valence-corrected chi connectivity index (χ0v) is 11.5. The lowest BCUT2D eigenvalue weighted by Crippen LogP contribution is -2.36. The molecule has 1 heterocycles. The van der Waals surface area contributed by atoms with Crippen LogP contribution in [0.4, 0.5) is 4.39 Å². The van der Waals surface area contributed by atoms with Gasteiger partial charge in [-0.05, 0) is 48.4 Å². The molecule has 0 aromatic heterocycles. The van der Waals surface area contributed by atoms with Gasteiger partial charge in [0.15, 0.2) is 0 Å². The van der Waals surface area contributed by atoms with Gasteiger partial charge in [-0.15, -0.1) is 0 Å². The van der Waals surface area contributed by atoms with Crippen LogP contribution in [0.2, 0.25) is 5.02 Å². The van der Waals surface area contributed by atoms with Gasteiger partial charge in [-0.2, -0.15) is 11.8 Å². The number of nitrogens with one attached hydrogen (secondary N) is 1. The summed E-state index contributed by atoms with van der Waals surface area (Å²) in [7, 11) is 0. The van der Waals surface area contributed by atoms with E-state index in [1.54, 1.807) is 12.1 Å². The topological polar surface area (TPSA) is 12.0 Å². The van der Waals surface area contributed by atoms with Crippen molar-refractivity contribution >= 4 is 23.4 Å². The van der Waals surface area contributed by atoms with E-state index in [1.165, 1.54) is 6.07 Å². The highest BCUT2D eigenvalue weighted by Crippen LogP contribution is 2.29. The SMILES string of the molecule is CCNC1CSCC1Cc1cc(F)ccc1Cl. The standard InChI is InChI=1S/C13H17ClFNS/c1-2-16-13-8-17-7-10(13)5-9-6-11(15)3-4-12(9)14/h3-4,6,10,13,16H,2,5,7-8H2,1H3. The minimum absolute atomic E-state index is 0.199. The Morgan fingerprint density at radius 1 is 1.47 bits per heavy atom. The third-order valence-electron chi connectivity index (χ3n) is 3.15. The van der Waals surface area contributed by atoms with Gasteiger partial charge in [0.2, 0.25) is 0 Å². The second-order valence-corrected chi connectivity index (χ2v) is 5.88. The summed E-state index contributed by atoms with van der Waals surface area (Å²) >= 11 is 8.07. The second-order valence-electron chi connectivity index (χ2n) is 4.40. The number of rotatable bonds is 4. The van der Waals surface area contributed by atoms with Crippen molar-refractivity contribution in [1.82, 2.24) is 5.32 Å². The van der Waals surface area contributed by atoms with Crippen LogP contribution < -0.4 is 5.32 Å². The molecule has 0 amide bonds. The molecule has 0 bridgehead atoms. The van der Waals surface area contributed by atoms with E-state index in [4.69, 9.17) is 11.6 Å². The first-order valence-corrected chi connectivity index (χ1v) is 7.49. The normalized spacial score (nSPS) is 24.2. The van der Waals surface area contributed by atoms with Gasteiger partial charge in [-0.3, -0.25) is 0 Å². The molecule has 4 heteroatoms. The first-order chi connectivity index (χ1) is 8.20. The molecule has 1 fully saturated rings. The monoisotopic (exact) mass is 273 g/mol. The van der Waals surface area contributed by atoms with Crippen molar-refractivity contribution in [3.63, 3.8) is 0 Å². The maximum absolute atomic E-state index is 13.2. The molecule has 1 aliphatic rings. The minimum atomic E-state index is -0.199. The Hall–Kier alpha value is -0.250. The fourth-order valence-corrected chi connectivity index (χ4v) is 3.90. The summed E-state index contributed by atoms with van der Waals surface area (Å²) in [5.41, 5.74) is 0.932. The van der Waals surface area contributed by atoms with Crippen LogP contribution in [0, 0.1) is 11.7 Å². The van der Waals surface area contributed by atoms with E-state index in [9.17, 15) is 4.39 Å². The van der Waals surface area contributed by atoms with E-state index in [1.807, 2.05) is 11.8 Å². The third-order valence-corrected chi connectivity index (χ3v) is 4.78. The van der Waals surface area contributed by atoms with Gasteiger partial charge in [-0.25, -0.2) is 4.39 Å². The van der Waals surface area contributed by atoms with Crippen molar-refractivity contribution in [2.45, 2.75) is 19.4 Å². The molecule has 2 atom stereocenters. The van der Waals surface area contributed by atoms with Crippen LogP contribution in [0.15, 0.2) is 18.2 Å². The lowest BCUT2D eigenvalue weighted by atomic mass is 9.95. The van der Waals surface area contributed by atoms with Gasteiger partial charge in [0, 0.05) is 16.8 Å². The average Bonchev–Trinajstić information content (AvgIpc) is 2.72. The highest BCUT2D eigenvalue weighted by atomic mass is 35.5. The summed E-state index contributed by atoms with van der Waals surface area (Å²) in [5.74, 6) is 2.63. The highest BCUT2D eigenvalue weighted by molar-refractivity contribution is 7.99. The Kier molecular flexibility index (Phi) is 4.71. The number of hydrogen-bond acceptors (Lipinski definition) is 2. The first-order valence-electron chi connectivity index (χ1n) is 5.95. The van der Waals surface area contributed by atoms with Crippen LogP contribution in [0.1, 0.15) is 12.5 Å². The number of benzene rings is 1. The summed E-state index contributed by atoms with van der Waals surface area (Å²) in [4.78, 5) is 0. The predicted octanol–water partition coefficient (Wildman–Crippen LogP) is 3.36. The highest BCUT2D eigenvalue weighted by Gasteiger charge is 2.27. The van der Waals surface area contributed by atoms with Crippen molar-refractivity contribution in [3.05, 3.63) is 34.6 Å². The molecular weight excluding hydrogens is 257 g/mol. The van der Waals surface area contributed by atoms with Gasteiger partial charge in [0.25, 0.3) is 0 Å². The minimum Gasteiger partial charge on any atom is -0.313 e. The van der Waals surface area contributed by atoms with E-state index in [0.717, 1.165) is 30.0 Å². The lowest BCUT2D eigenvalue weighted by molar-refractivity contribution is 0.433. The summed E-state index contributed by atoms with van der Waals surface area (Å²) in [6, 6.07) is 5.16. The zero-order valence-electron chi connectivity index (χ0n) is 9.88. The van der Waals surface area contributed by atoms with E-state index in [0.29, 0.717) is 17.0 Å². The van der Waals surface area contributed by atoms with Crippen molar-refractivity contribution in [2.24, 2.45) is 5.92 Å². The molecule has 2 rings (SSSR count). The average molecular weight is 274 g/mol. The van der Waals surface area contributed by atoms with Crippen LogP contribution in [0.3, 0.4) is 0 Å². The first kappa shape index (κ1) is 13.2. The Labute approximate surface area is 111 Å². The summed E-state index contributed by atoms with van der Waals surface area (Å²) in [5, 5.41) is 4.17. The Balaban J connectivity index is 2.06. The second kappa shape index (κ2) is 6.07. The fourth-order valence-electron chi connectivity index (χ4n) is 2.27. The molecule has 1 aromatic carbocycles. The number of thioether (sulfide) groups is 1. The molecular formula is C13H17ClFNS. The number of halogens is 2. The maximum Gasteiger partial charge on any atom is 0.123 e. The smallest absolute Gasteiger partial charge is 0.123 e. The van der Waals surface area contributed by atoms with Gasteiger partial charge in [0.1, 0.15) is 5.82 Å². The Morgan fingerprint density at radius 2 is 2.29 bits per heavy atom. The van der Waals surface area contributed by atoms with Crippen LogP contribution in [0.5, 0.6) is 0 Å². The maximum atomic E-state index is 13.2. The quantitative estimate of drug-likeness (QED) is 0.903. The van der Waals surface area contributed by atoms with E-state index in [-0.39, 0.29) is 5.82 Å². The van der Waals surface area contributed by atoms with E-state index in [2.05, 4.69) is 12.2 Å². The van der Waals surface area contributed by atoms with Crippen LogP contribution in [0.25, 0.3) is 0 Å². The molecule has 1 N–H and O–H groups in total. The van der Waals surface area contributed by atoms with Crippen molar-refractivity contribution < 1.29 is 4.39 Å². The summed E-state index contributed by atoms with van der Waals surface area (Å²) in [6.45, 7) is 3.10. The van der Waals surface area contributed by atoms with Crippen LogP contribution >= 0.6 is 23.4 Å². The van der Waals surface area contributed by atoms with Gasteiger partial charge >= 0.3 is 0 Å². The van der Waals surface area contributed by atoms with Gasteiger partial charge in [0.05, 0.1) is 0 Å². The van der Waals surface area contributed by atoms with E-state index < -0.39 is 0 Å². The lowest BCUT2D eigenvalue weighted by Gasteiger charge is -2.20. The number of hydrogen-bond donors (Lipinski definition) is 1. The van der Waals surface area contributed by atoms with Gasteiger partial charge in [-0.1, -0.05) is 18.5 Å². The van der Waals surface area contributed by atoms with Crippen LogP contribution in [-0.4, -0.2) is 24.1 Å². The molecule has 0 spiro atoms. The Bertz CT molecular complexity index is 386. The molecule has 1 aliphatic heterocycles. The largest absolute Gasteiger partial charge is 0.313 e. The molecule has 1 saturated heterocycles. The zero-order chi connectivity index (χ0) is 12.3. The van der Waals surface area contributed by atoms with E-state index >= 15 is 0 Å². The fraction of sp³-hybridized carbons (Fsp3) is 0.538. The molecule has 94 valence electrons. The molecule has 0 aliphatic carbocycles. The van der Waals surface area contributed by atoms with Crippen molar-refractivity contribution in [3.8, 4) is 0 Å². The molecule has 0 saturated carbocycles. The molecule has 2 unspecified atom stereocenters. The third kappa shape index (κ3) is 3.36. The van der Waals surface area contributed by atoms with Crippen molar-refractivity contribution in [2.75, 3.05) is 18.1 Å². The Morgan fingerprint density at radius 3 is 3.06 bits per heavy atom. The molecule has 1 nitrogen and oxygen atoms in total. The van der Waals surface area contributed by atoms with Crippen LogP contribution in [-0.2, 0) is 6.42 Å². The molecule has 17 heavy (non-hydrogen) atoms. The molecule has 0 radical (unpaired) electrons.